The Morgan fingerprint density at radius 1 is 1.25 bits per heavy atom. The lowest BCUT2D eigenvalue weighted by Gasteiger charge is -2.24. The summed E-state index contributed by atoms with van der Waals surface area (Å²) in [7, 11) is 0. The highest BCUT2D eigenvalue weighted by molar-refractivity contribution is 9.10. The van der Waals surface area contributed by atoms with Crippen LogP contribution >= 0.6 is 15.9 Å². The predicted molar refractivity (Wildman–Crippen MR) is 55.6 cm³/mol. The van der Waals surface area contributed by atoms with E-state index in [9.17, 15) is 13.2 Å². The van der Waals surface area contributed by atoms with Crippen LogP contribution in [0.15, 0.2) is 10.5 Å². The number of hydrogen-bond acceptors (Lipinski definition) is 2. The molecule has 0 radical (unpaired) electrons. The molecule has 88 valence electrons. The quantitative estimate of drug-likeness (QED) is 0.635. The topological polar surface area (TPSA) is 21.3 Å². The molecule has 0 amide bonds. The first-order valence-electron chi connectivity index (χ1n) is 4.76. The monoisotopic (exact) mass is 295 g/mol. The molecule has 1 aromatic rings. The van der Waals surface area contributed by atoms with E-state index in [0.717, 1.165) is 0 Å². The van der Waals surface area contributed by atoms with Crippen LogP contribution in [0.4, 0.5) is 13.2 Å². The van der Waals surface area contributed by atoms with Gasteiger partial charge in [-0.2, -0.15) is 0 Å². The van der Waals surface area contributed by atoms with Gasteiger partial charge in [-0.1, -0.05) is 0 Å². The first-order chi connectivity index (χ1) is 7.61. The van der Waals surface area contributed by atoms with Crippen molar-refractivity contribution in [2.45, 2.75) is 6.10 Å². The number of ether oxygens (including phenoxy) is 1. The summed E-state index contributed by atoms with van der Waals surface area (Å²) < 4.78 is 44.8. The number of hydrogen-bond donors (Lipinski definition) is 1. The van der Waals surface area contributed by atoms with Gasteiger partial charge in [-0.05, 0) is 22.0 Å². The molecule has 0 saturated carbocycles. The number of morpholine rings is 1. The summed E-state index contributed by atoms with van der Waals surface area (Å²) in [5.74, 6) is -3.88. The zero-order chi connectivity index (χ0) is 11.7. The van der Waals surface area contributed by atoms with Gasteiger partial charge in [-0.3, -0.25) is 0 Å². The van der Waals surface area contributed by atoms with Gasteiger partial charge in [0, 0.05) is 18.7 Å². The molecule has 2 nitrogen and oxygen atoms in total. The molecule has 1 heterocycles. The fourth-order valence-electron chi connectivity index (χ4n) is 1.59. The van der Waals surface area contributed by atoms with E-state index < -0.39 is 23.6 Å². The minimum Gasteiger partial charge on any atom is -0.371 e. The van der Waals surface area contributed by atoms with Gasteiger partial charge in [0.15, 0.2) is 17.5 Å². The Labute approximate surface area is 98.9 Å². The minimum absolute atomic E-state index is 0.0259. The normalized spacial score (nSPS) is 21.1. The van der Waals surface area contributed by atoms with E-state index in [4.69, 9.17) is 4.74 Å². The second-order valence-corrected chi connectivity index (χ2v) is 4.31. The smallest absolute Gasteiger partial charge is 0.195 e. The highest BCUT2D eigenvalue weighted by Gasteiger charge is 2.25. The molecule has 1 N–H and O–H groups in total. The number of benzene rings is 1. The molecule has 1 saturated heterocycles. The van der Waals surface area contributed by atoms with Gasteiger partial charge < -0.3 is 10.1 Å². The van der Waals surface area contributed by atoms with Crippen molar-refractivity contribution in [3.63, 3.8) is 0 Å². The zero-order valence-corrected chi connectivity index (χ0v) is 9.78. The molecule has 2 rings (SSSR count). The first kappa shape index (κ1) is 11.9. The van der Waals surface area contributed by atoms with E-state index in [1.165, 1.54) is 6.07 Å². The van der Waals surface area contributed by atoms with Gasteiger partial charge in [0.25, 0.3) is 0 Å². The fraction of sp³-hybridized carbons (Fsp3) is 0.400. The maximum atomic E-state index is 13.5. The summed E-state index contributed by atoms with van der Waals surface area (Å²) in [6.07, 6.45) is -0.583. The van der Waals surface area contributed by atoms with Gasteiger partial charge in [0.2, 0.25) is 0 Å². The Kier molecular flexibility index (Phi) is 3.51. The lowest BCUT2D eigenvalue weighted by molar-refractivity contribution is 0.0249. The molecule has 1 unspecified atom stereocenters. The van der Waals surface area contributed by atoms with Gasteiger partial charge in [0.05, 0.1) is 17.2 Å². The highest BCUT2D eigenvalue weighted by atomic mass is 79.9. The van der Waals surface area contributed by atoms with Crippen LogP contribution in [-0.4, -0.2) is 19.7 Å². The van der Waals surface area contributed by atoms with Crippen LogP contribution in [0.2, 0.25) is 0 Å². The van der Waals surface area contributed by atoms with Crippen LogP contribution in [0.5, 0.6) is 0 Å². The fourth-order valence-corrected chi connectivity index (χ4v) is 2.01. The Hall–Kier alpha value is -0.590. The predicted octanol–water partition coefficient (Wildman–Crippen LogP) is 2.53. The summed E-state index contributed by atoms with van der Waals surface area (Å²) in [4.78, 5) is 0. The maximum Gasteiger partial charge on any atom is 0.195 e. The van der Waals surface area contributed by atoms with Gasteiger partial charge in [0.1, 0.15) is 0 Å². The second-order valence-electron chi connectivity index (χ2n) is 3.45. The molecule has 0 spiro atoms. The van der Waals surface area contributed by atoms with Gasteiger partial charge in [-0.15, -0.1) is 0 Å². The number of rotatable bonds is 1. The summed E-state index contributed by atoms with van der Waals surface area (Å²) in [6, 6.07) is 1.21. The number of halogens is 4. The molecule has 16 heavy (non-hydrogen) atoms. The molecule has 1 atom stereocenters. The van der Waals surface area contributed by atoms with Crippen LogP contribution in [0.25, 0.3) is 0 Å². The molecule has 0 aliphatic carbocycles. The van der Waals surface area contributed by atoms with Crippen LogP contribution < -0.4 is 5.32 Å². The van der Waals surface area contributed by atoms with Crippen molar-refractivity contribution in [1.29, 1.82) is 0 Å². The van der Waals surface area contributed by atoms with Gasteiger partial charge in [-0.25, -0.2) is 13.2 Å². The largest absolute Gasteiger partial charge is 0.371 e. The standard InChI is InChI=1S/C10H9BrF3NO/c11-6-3-5(7-4-15-1-2-16-7)8(12)10(14)9(6)13/h3,7,15H,1-2,4H2. The van der Waals surface area contributed by atoms with E-state index in [1.54, 1.807) is 0 Å². The van der Waals surface area contributed by atoms with E-state index in [2.05, 4.69) is 21.2 Å². The molecular weight excluding hydrogens is 287 g/mol. The molecule has 1 aromatic carbocycles. The summed E-state index contributed by atoms with van der Waals surface area (Å²) in [6.45, 7) is 1.47. The lowest BCUT2D eigenvalue weighted by Crippen LogP contribution is -2.34. The van der Waals surface area contributed by atoms with Crippen LogP contribution in [0.3, 0.4) is 0 Å². The van der Waals surface area contributed by atoms with E-state index in [1.807, 2.05) is 0 Å². The molecule has 6 heteroatoms. The second kappa shape index (κ2) is 4.73. The molecular formula is C10H9BrF3NO. The highest BCUT2D eigenvalue weighted by Crippen LogP contribution is 2.29. The third-order valence-corrected chi connectivity index (χ3v) is 2.98. The van der Waals surface area contributed by atoms with Crippen molar-refractivity contribution in [1.82, 2.24) is 5.32 Å². The Balaban J connectivity index is 2.40. The van der Waals surface area contributed by atoms with Crippen molar-refractivity contribution >= 4 is 15.9 Å². The average molecular weight is 296 g/mol. The average Bonchev–Trinajstić information content (AvgIpc) is 2.32. The minimum atomic E-state index is -1.47. The molecule has 1 fully saturated rings. The summed E-state index contributed by atoms with van der Waals surface area (Å²) in [5.41, 5.74) is 0.0259. The molecule has 0 bridgehead atoms. The Morgan fingerprint density at radius 3 is 2.62 bits per heavy atom. The van der Waals surface area contributed by atoms with Crippen molar-refractivity contribution in [2.75, 3.05) is 19.7 Å². The summed E-state index contributed by atoms with van der Waals surface area (Å²) in [5, 5.41) is 2.99. The molecule has 1 aliphatic rings. The van der Waals surface area contributed by atoms with E-state index in [0.29, 0.717) is 19.7 Å². The van der Waals surface area contributed by atoms with Gasteiger partial charge >= 0.3 is 0 Å². The van der Waals surface area contributed by atoms with Crippen LogP contribution in [0, 0.1) is 17.5 Å². The van der Waals surface area contributed by atoms with Crippen molar-refractivity contribution < 1.29 is 17.9 Å². The van der Waals surface area contributed by atoms with Crippen molar-refractivity contribution in [3.8, 4) is 0 Å². The van der Waals surface area contributed by atoms with E-state index >= 15 is 0 Å². The third kappa shape index (κ3) is 2.09. The Bertz CT molecular complexity index is 408. The molecule has 0 aromatic heterocycles. The SMILES string of the molecule is Fc1c(Br)cc(C2CNCCO2)c(F)c1F. The van der Waals surface area contributed by atoms with E-state index in [-0.39, 0.29) is 10.0 Å². The van der Waals surface area contributed by atoms with Crippen LogP contribution in [0.1, 0.15) is 11.7 Å². The molecule has 1 aliphatic heterocycles. The first-order valence-corrected chi connectivity index (χ1v) is 5.55. The lowest BCUT2D eigenvalue weighted by atomic mass is 10.1. The third-order valence-electron chi connectivity index (χ3n) is 2.41. The van der Waals surface area contributed by atoms with Crippen molar-refractivity contribution in [3.05, 3.63) is 33.6 Å². The Morgan fingerprint density at radius 2 is 2.00 bits per heavy atom. The van der Waals surface area contributed by atoms with Crippen molar-refractivity contribution in [2.24, 2.45) is 0 Å². The van der Waals surface area contributed by atoms with Crippen LogP contribution in [-0.2, 0) is 4.74 Å². The number of nitrogens with one attached hydrogen (secondary N) is 1. The maximum absolute atomic E-state index is 13.5. The zero-order valence-electron chi connectivity index (χ0n) is 8.20. The summed E-state index contributed by atoms with van der Waals surface area (Å²) >= 11 is 2.84.